The number of fused-ring (bicyclic) bond motifs is 1. The topological polar surface area (TPSA) is 3.24 Å². The molecule has 0 bridgehead atoms. The maximum Gasteiger partial charge on any atom is 0.0240 e. The Bertz CT molecular complexity index is 443. The molecule has 0 unspecified atom stereocenters. The second-order valence-corrected chi connectivity index (χ2v) is 3.78. The molecule has 1 radical (unpaired) electrons. The predicted molar refractivity (Wildman–Crippen MR) is 65.4 cm³/mol. The number of rotatable bonds is 3. The van der Waals surface area contributed by atoms with Crippen molar-refractivity contribution in [2.75, 3.05) is 6.54 Å². The lowest BCUT2D eigenvalue weighted by atomic mass is 10.0. The van der Waals surface area contributed by atoms with E-state index in [0.717, 1.165) is 13.1 Å². The molecule has 0 aliphatic rings. The van der Waals surface area contributed by atoms with Gasteiger partial charge in [-0.3, -0.25) is 4.90 Å². The molecule has 1 heteroatoms. The quantitative estimate of drug-likeness (QED) is 0.730. The molecular formula is C14H16N. The van der Waals surface area contributed by atoms with Gasteiger partial charge in [0.25, 0.3) is 0 Å². The standard InChI is InChI=1S/C14H16N/c1-3-15(2)11-13-9-6-8-12-7-4-5-10-14(12)13/h4-10H,2-3,11H2,1H3. The Morgan fingerprint density at radius 1 is 1.07 bits per heavy atom. The van der Waals surface area contributed by atoms with Crippen LogP contribution in [0.1, 0.15) is 12.5 Å². The van der Waals surface area contributed by atoms with E-state index in [-0.39, 0.29) is 0 Å². The average molecular weight is 198 g/mol. The first-order valence-corrected chi connectivity index (χ1v) is 5.33. The van der Waals surface area contributed by atoms with Crippen LogP contribution in [0.15, 0.2) is 42.5 Å². The minimum atomic E-state index is 0.915. The second kappa shape index (κ2) is 4.45. The van der Waals surface area contributed by atoms with Crippen molar-refractivity contribution in [2.45, 2.75) is 13.5 Å². The van der Waals surface area contributed by atoms with Gasteiger partial charge in [-0.25, -0.2) is 0 Å². The van der Waals surface area contributed by atoms with Gasteiger partial charge in [0.15, 0.2) is 0 Å². The van der Waals surface area contributed by atoms with Gasteiger partial charge in [-0.1, -0.05) is 49.4 Å². The third-order valence-electron chi connectivity index (χ3n) is 2.72. The van der Waals surface area contributed by atoms with Crippen LogP contribution in [0.3, 0.4) is 0 Å². The Balaban J connectivity index is 2.42. The van der Waals surface area contributed by atoms with Crippen LogP contribution in [0.2, 0.25) is 0 Å². The highest BCUT2D eigenvalue weighted by molar-refractivity contribution is 5.85. The van der Waals surface area contributed by atoms with Crippen LogP contribution in [0, 0.1) is 7.05 Å². The summed E-state index contributed by atoms with van der Waals surface area (Å²) in [6.45, 7) is 4.01. The van der Waals surface area contributed by atoms with E-state index in [0.29, 0.717) is 0 Å². The highest BCUT2D eigenvalue weighted by Gasteiger charge is 2.02. The minimum Gasteiger partial charge on any atom is -0.298 e. The lowest BCUT2D eigenvalue weighted by Crippen LogP contribution is -2.14. The first kappa shape index (κ1) is 10.2. The highest BCUT2D eigenvalue weighted by Crippen LogP contribution is 2.19. The van der Waals surface area contributed by atoms with Gasteiger partial charge in [-0.15, -0.1) is 0 Å². The maximum absolute atomic E-state index is 3.99. The van der Waals surface area contributed by atoms with Crippen molar-refractivity contribution in [1.82, 2.24) is 4.90 Å². The third-order valence-corrected chi connectivity index (χ3v) is 2.72. The normalized spacial score (nSPS) is 11.1. The molecule has 1 nitrogen and oxygen atoms in total. The SMILES string of the molecule is [CH2]N(CC)Cc1cccc2ccccc12. The molecule has 0 saturated heterocycles. The predicted octanol–water partition coefficient (Wildman–Crippen LogP) is 3.45. The Morgan fingerprint density at radius 3 is 2.60 bits per heavy atom. The number of hydrogen-bond acceptors (Lipinski definition) is 1. The summed E-state index contributed by atoms with van der Waals surface area (Å²) in [5.41, 5.74) is 1.35. The van der Waals surface area contributed by atoms with Gasteiger partial charge in [0.05, 0.1) is 0 Å². The van der Waals surface area contributed by atoms with Gasteiger partial charge in [0.1, 0.15) is 0 Å². The molecule has 0 aromatic heterocycles. The zero-order chi connectivity index (χ0) is 10.7. The molecule has 0 heterocycles. The molecule has 0 aliphatic carbocycles. The molecule has 77 valence electrons. The molecule has 0 saturated carbocycles. The van der Waals surface area contributed by atoms with E-state index < -0.39 is 0 Å². The smallest absolute Gasteiger partial charge is 0.0240 e. The first-order valence-electron chi connectivity index (χ1n) is 5.33. The Kier molecular flexibility index (Phi) is 3.02. The van der Waals surface area contributed by atoms with Crippen LogP contribution in [-0.2, 0) is 6.54 Å². The van der Waals surface area contributed by atoms with E-state index in [1.165, 1.54) is 16.3 Å². The van der Waals surface area contributed by atoms with Crippen molar-refractivity contribution >= 4 is 10.8 Å². The maximum atomic E-state index is 3.99. The molecule has 0 atom stereocenters. The molecule has 0 aliphatic heterocycles. The first-order chi connectivity index (χ1) is 7.31. The second-order valence-electron chi connectivity index (χ2n) is 3.78. The molecule has 2 rings (SSSR count). The summed E-state index contributed by atoms with van der Waals surface area (Å²) in [5.74, 6) is 0. The zero-order valence-electron chi connectivity index (χ0n) is 9.11. The zero-order valence-corrected chi connectivity index (χ0v) is 9.11. The monoisotopic (exact) mass is 198 g/mol. The summed E-state index contributed by atoms with van der Waals surface area (Å²) < 4.78 is 0. The number of hydrogen-bond donors (Lipinski definition) is 0. The van der Waals surface area contributed by atoms with E-state index in [9.17, 15) is 0 Å². The molecule has 0 spiro atoms. The molecule has 2 aromatic carbocycles. The van der Waals surface area contributed by atoms with E-state index in [4.69, 9.17) is 0 Å². The van der Waals surface area contributed by atoms with Crippen molar-refractivity contribution in [3.63, 3.8) is 0 Å². The van der Waals surface area contributed by atoms with Gasteiger partial charge >= 0.3 is 0 Å². The minimum absolute atomic E-state index is 0.915. The van der Waals surface area contributed by atoms with Gasteiger partial charge < -0.3 is 0 Å². The molecule has 0 N–H and O–H groups in total. The lowest BCUT2D eigenvalue weighted by Gasteiger charge is -2.15. The van der Waals surface area contributed by atoms with E-state index in [1.807, 2.05) is 0 Å². The van der Waals surface area contributed by atoms with Crippen LogP contribution in [-0.4, -0.2) is 11.4 Å². The molecule has 0 fully saturated rings. The Labute approximate surface area is 91.3 Å². The summed E-state index contributed by atoms with van der Waals surface area (Å²) >= 11 is 0. The fourth-order valence-corrected chi connectivity index (χ4v) is 1.78. The van der Waals surface area contributed by atoms with Gasteiger partial charge in [0.2, 0.25) is 0 Å². The highest BCUT2D eigenvalue weighted by atomic mass is 15.1. The van der Waals surface area contributed by atoms with Crippen LogP contribution in [0.4, 0.5) is 0 Å². The van der Waals surface area contributed by atoms with Crippen molar-refractivity contribution in [3.8, 4) is 0 Å². The lowest BCUT2D eigenvalue weighted by molar-refractivity contribution is 0.385. The summed E-state index contributed by atoms with van der Waals surface area (Å²) in [5, 5.41) is 2.64. The Morgan fingerprint density at radius 2 is 1.80 bits per heavy atom. The summed E-state index contributed by atoms with van der Waals surface area (Å²) in [6, 6.07) is 14.9. The van der Waals surface area contributed by atoms with E-state index >= 15 is 0 Å². The largest absolute Gasteiger partial charge is 0.298 e. The molecular weight excluding hydrogens is 182 g/mol. The summed E-state index contributed by atoms with van der Waals surface area (Å²) in [7, 11) is 3.99. The number of benzene rings is 2. The van der Waals surface area contributed by atoms with Gasteiger partial charge in [-0.2, -0.15) is 0 Å². The third kappa shape index (κ3) is 2.18. The van der Waals surface area contributed by atoms with Crippen molar-refractivity contribution in [2.24, 2.45) is 0 Å². The molecule has 0 amide bonds. The van der Waals surface area contributed by atoms with Crippen LogP contribution in [0.25, 0.3) is 10.8 Å². The fraction of sp³-hybridized carbons (Fsp3) is 0.214. The fourth-order valence-electron chi connectivity index (χ4n) is 1.78. The van der Waals surface area contributed by atoms with Crippen LogP contribution < -0.4 is 0 Å². The van der Waals surface area contributed by atoms with Crippen molar-refractivity contribution in [3.05, 3.63) is 55.1 Å². The van der Waals surface area contributed by atoms with E-state index in [2.05, 4.69) is 61.3 Å². The molecule has 15 heavy (non-hydrogen) atoms. The van der Waals surface area contributed by atoms with E-state index in [1.54, 1.807) is 0 Å². The average Bonchev–Trinajstić information content (AvgIpc) is 2.29. The molecule has 2 aromatic rings. The van der Waals surface area contributed by atoms with Gasteiger partial charge in [-0.05, 0) is 22.9 Å². The summed E-state index contributed by atoms with van der Waals surface area (Å²) in [4.78, 5) is 2.07. The Hall–Kier alpha value is -1.34. The van der Waals surface area contributed by atoms with Crippen molar-refractivity contribution in [1.29, 1.82) is 0 Å². The van der Waals surface area contributed by atoms with Gasteiger partial charge in [0, 0.05) is 13.6 Å². The van der Waals surface area contributed by atoms with Crippen LogP contribution in [0.5, 0.6) is 0 Å². The summed E-state index contributed by atoms with van der Waals surface area (Å²) in [6.07, 6.45) is 0. The van der Waals surface area contributed by atoms with Crippen molar-refractivity contribution < 1.29 is 0 Å². The van der Waals surface area contributed by atoms with Crippen LogP contribution >= 0.6 is 0 Å². The number of nitrogens with zero attached hydrogens (tertiary/aromatic N) is 1.